The fraction of sp³-hybridized carbons (Fsp3) is 0.857. The average Bonchev–Trinajstić information content (AvgIpc) is 2.33. The van der Waals surface area contributed by atoms with E-state index >= 15 is 0 Å². The highest BCUT2D eigenvalue weighted by Crippen LogP contribution is 2.17. The van der Waals surface area contributed by atoms with Gasteiger partial charge in [-0.1, -0.05) is 20.8 Å². The first-order chi connectivity index (χ1) is 8.54. The fourth-order valence-corrected chi connectivity index (χ4v) is 2.45. The normalized spacial score (nSPS) is 19.7. The fourth-order valence-electron chi connectivity index (χ4n) is 2.45. The number of carbonyl (C=O) groups is 1. The number of nitrogens with zero attached hydrogens (tertiary/aromatic N) is 3. The topological polar surface area (TPSA) is 47.3 Å². The number of hydrogen-bond acceptors (Lipinski definition) is 2. The zero-order valence-electron chi connectivity index (χ0n) is 11.9. The Morgan fingerprint density at radius 2 is 2.28 bits per heavy atom. The molecule has 1 saturated heterocycles. The summed E-state index contributed by atoms with van der Waals surface area (Å²) in [5.41, 5.74) is 0. The number of likely N-dealkylation sites (tertiary alicyclic amines) is 1. The molecule has 0 aliphatic carbocycles. The van der Waals surface area contributed by atoms with E-state index in [1.165, 1.54) is 6.42 Å². The van der Waals surface area contributed by atoms with Gasteiger partial charge in [-0.25, -0.2) is 4.79 Å². The van der Waals surface area contributed by atoms with Crippen LogP contribution in [0.1, 0.15) is 40.0 Å². The molecular formula is C14H25N3O. The largest absolute Gasteiger partial charge is 0.324 e. The highest BCUT2D eigenvalue weighted by molar-refractivity contribution is 5.74. The Morgan fingerprint density at radius 1 is 1.56 bits per heavy atom. The Bertz CT molecular complexity index is 309. The molecule has 4 nitrogen and oxygen atoms in total. The predicted octanol–water partition coefficient (Wildman–Crippen LogP) is 2.71. The lowest BCUT2D eigenvalue weighted by atomic mass is 10.0. The van der Waals surface area contributed by atoms with E-state index in [0.29, 0.717) is 24.8 Å². The van der Waals surface area contributed by atoms with Crippen LogP contribution in [-0.2, 0) is 0 Å². The van der Waals surface area contributed by atoms with E-state index in [2.05, 4.69) is 26.8 Å². The molecule has 1 aliphatic rings. The number of rotatable bonds is 4. The predicted molar refractivity (Wildman–Crippen MR) is 72.0 cm³/mol. The van der Waals surface area contributed by atoms with Gasteiger partial charge in [0.2, 0.25) is 0 Å². The standard InChI is InChI=1S/C14H25N3O/c1-12(2)10-16(9-5-7-15)14(18)17-8-4-6-13(3)11-17/h12-13H,4-6,8-11H2,1-3H3. The van der Waals surface area contributed by atoms with E-state index < -0.39 is 0 Å². The van der Waals surface area contributed by atoms with E-state index in [-0.39, 0.29) is 6.03 Å². The van der Waals surface area contributed by atoms with Crippen molar-refractivity contribution in [2.24, 2.45) is 11.8 Å². The van der Waals surface area contributed by atoms with Crippen LogP contribution in [0.3, 0.4) is 0 Å². The van der Waals surface area contributed by atoms with Crippen LogP contribution in [0.5, 0.6) is 0 Å². The third-order valence-electron chi connectivity index (χ3n) is 3.28. The molecule has 0 radical (unpaired) electrons. The summed E-state index contributed by atoms with van der Waals surface area (Å²) in [7, 11) is 0. The van der Waals surface area contributed by atoms with Gasteiger partial charge in [0.15, 0.2) is 0 Å². The Hall–Kier alpha value is -1.24. The van der Waals surface area contributed by atoms with E-state index in [0.717, 1.165) is 26.1 Å². The lowest BCUT2D eigenvalue weighted by Crippen LogP contribution is -2.48. The van der Waals surface area contributed by atoms with Crippen molar-refractivity contribution in [2.75, 3.05) is 26.2 Å². The Morgan fingerprint density at radius 3 is 2.83 bits per heavy atom. The molecule has 1 rings (SSSR count). The first-order valence-corrected chi connectivity index (χ1v) is 6.95. The second kappa shape index (κ2) is 7.25. The highest BCUT2D eigenvalue weighted by atomic mass is 16.2. The Kier molecular flexibility index (Phi) is 5.97. The number of piperidine rings is 1. The number of carbonyl (C=O) groups excluding carboxylic acids is 1. The minimum absolute atomic E-state index is 0.116. The van der Waals surface area contributed by atoms with Crippen molar-refractivity contribution >= 4 is 6.03 Å². The maximum Gasteiger partial charge on any atom is 0.320 e. The van der Waals surface area contributed by atoms with Crippen LogP contribution >= 0.6 is 0 Å². The van der Waals surface area contributed by atoms with Crippen LogP contribution in [-0.4, -0.2) is 42.0 Å². The SMILES string of the molecule is CC(C)CN(CCC#N)C(=O)N1CCCC(C)C1. The lowest BCUT2D eigenvalue weighted by molar-refractivity contribution is 0.127. The molecule has 0 aromatic heterocycles. The second-order valence-electron chi connectivity index (χ2n) is 5.72. The molecule has 1 heterocycles. The number of nitriles is 1. The van der Waals surface area contributed by atoms with Gasteiger partial charge in [0, 0.05) is 26.2 Å². The van der Waals surface area contributed by atoms with Crippen molar-refractivity contribution in [1.29, 1.82) is 5.26 Å². The maximum absolute atomic E-state index is 12.4. The smallest absolute Gasteiger partial charge is 0.320 e. The first kappa shape index (κ1) is 14.8. The molecule has 0 aromatic rings. The summed E-state index contributed by atoms with van der Waals surface area (Å²) in [4.78, 5) is 16.2. The molecule has 0 spiro atoms. The number of urea groups is 1. The van der Waals surface area contributed by atoms with Crippen LogP contribution in [0.4, 0.5) is 4.79 Å². The molecule has 1 atom stereocenters. The molecule has 0 bridgehead atoms. The molecule has 102 valence electrons. The van der Waals surface area contributed by atoms with Gasteiger partial charge in [-0.3, -0.25) is 0 Å². The minimum Gasteiger partial charge on any atom is -0.324 e. The van der Waals surface area contributed by atoms with Crippen molar-refractivity contribution in [1.82, 2.24) is 9.80 Å². The number of hydrogen-bond donors (Lipinski definition) is 0. The molecule has 1 aliphatic heterocycles. The molecule has 18 heavy (non-hydrogen) atoms. The molecule has 1 unspecified atom stereocenters. The van der Waals surface area contributed by atoms with Gasteiger partial charge >= 0.3 is 6.03 Å². The third kappa shape index (κ3) is 4.56. The summed E-state index contributed by atoms with van der Waals surface area (Å²) in [6.45, 7) is 9.42. The summed E-state index contributed by atoms with van der Waals surface area (Å²) in [6, 6.07) is 2.24. The lowest BCUT2D eigenvalue weighted by Gasteiger charge is -2.35. The van der Waals surface area contributed by atoms with Gasteiger partial charge in [0.1, 0.15) is 0 Å². The molecule has 1 fully saturated rings. The van der Waals surface area contributed by atoms with Gasteiger partial charge in [-0.15, -0.1) is 0 Å². The molecule has 0 aromatic carbocycles. The highest BCUT2D eigenvalue weighted by Gasteiger charge is 2.25. The molecule has 4 heteroatoms. The average molecular weight is 251 g/mol. The Labute approximate surface area is 111 Å². The second-order valence-corrected chi connectivity index (χ2v) is 5.72. The molecule has 0 N–H and O–H groups in total. The van der Waals surface area contributed by atoms with Gasteiger partial charge in [0.05, 0.1) is 12.5 Å². The van der Waals surface area contributed by atoms with Crippen LogP contribution in [0.25, 0.3) is 0 Å². The number of amides is 2. The van der Waals surface area contributed by atoms with E-state index in [1.807, 2.05) is 9.80 Å². The van der Waals surface area contributed by atoms with E-state index in [1.54, 1.807) is 0 Å². The molecule has 2 amide bonds. The third-order valence-corrected chi connectivity index (χ3v) is 3.28. The maximum atomic E-state index is 12.4. The summed E-state index contributed by atoms with van der Waals surface area (Å²) < 4.78 is 0. The van der Waals surface area contributed by atoms with Crippen molar-refractivity contribution in [3.63, 3.8) is 0 Å². The van der Waals surface area contributed by atoms with Crippen LogP contribution in [0.2, 0.25) is 0 Å². The summed E-state index contributed by atoms with van der Waals surface area (Å²) in [6.07, 6.45) is 2.73. The Balaban J connectivity index is 2.59. The monoisotopic (exact) mass is 251 g/mol. The van der Waals surface area contributed by atoms with E-state index in [9.17, 15) is 4.79 Å². The first-order valence-electron chi connectivity index (χ1n) is 6.95. The molecular weight excluding hydrogens is 226 g/mol. The van der Waals surface area contributed by atoms with Crippen LogP contribution < -0.4 is 0 Å². The molecule has 0 saturated carbocycles. The van der Waals surface area contributed by atoms with Crippen molar-refractivity contribution in [2.45, 2.75) is 40.0 Å². The van der Waals surface area contributed by atoms with Crippen molar-refractivity contribution in [3.8, 4) is 6.07 Å². The summed E-state index contributed by atoms with van der Waals surface area (Å²) in [5, 5.41) is 8.68. The summed E-state index contributed by atoms with van der Waals surface area (Å²) >= 11 is 0. The van der Waals surface area contributed by atoms with Crippen LogP contribution in [0.15, 0.2) is 0 Å². The van der Waals surface area contributed by atoms with Crippen molar-refractivity contribution < 1.29 is 4.79 Å². The zero-order valence-corrected chi connectivity index (χ0v) is 11.9. The van der Waals surface area contributed by atoms with Crippen molar-refractivity contribution in [3.05, 3.63) is 0 Å². The van der Waals surface area contributed by atoms with Gasteiger partial charge in [0.25, 0.3) is 0 Å². The van der Waals surface area contributed by atoms with Gasteiger partial charge in [-0.2, -0.15) is 5.26 Å². The quantitative estimate of drug-likeness (QED) is 0.771. The zero-order chi connectivity index (χ0) is 13.5. The summed E-state index contributed by atoms with van der Waals surface area (Å²) in [5.74, 6) is 1.04. The van der Waals surface area contributed by atoms with Gasteiger partial charge in [-0.05, 0) is 24.7 Å². The van der Waals surface area contributed by atoms with Crippen LogP contribution in [0, 0.1) is 23.2 Å². The minimum atomic E-state index is 0.116. The van der Waals surface area contributed by atoms with Gasteiger partial charge < -0.3 is 9.80 Å². The van der Waals surface area contributed by atoms with E-state index in [4.69, 9.17) is 5.26 Å².